The van der Waals surface area contributed by atoms with E-state index in [9.17, 15) is 4.79 Å². The maximum absolute atomic E-state index is 10.7. The van der Waals surface area contributed by atoms with E-state index in [4.69, 9.17) is 5.11 Å². The predicted molar refractivity (Wildman–Crippen MR) is 73.8 cm³/mol. The van der Waals surface area contributed by atoms with E-state index in [1.54, 1.807) is 0 Å². The molecule has 0 aromatic carbocycles. The van der Waals surface area contributed by atoms with Gasteiger partial charge >= 0.3 is 5.97 Å². The van der Waals surface area contributed by atoms with Gasteiger partial charge < -0.3 is 14.9 Å². The van der Waals surface area contributed by atoms with E-state index in [-0.39, 0.29) is 6.42 Å². The summed E-state index contributed by atoms with van der Waals surface area (Å²) < 4.78 is 0. The van der Waals surface area contributed by atoms with Gasteiger partial charge in [0.15, 0.2) is 0 Å². The van der Waals surface area contributed by atoms with Crippen molar-refractivity contribution in [1.29, 1.82) is 0 Å². The van der Waals surface area contributed by atoms with Crippen molar-refractivity contribution < 1.29 is 9.90 Å². The number of likely N-dealkylation sites (tertiary alicyclic amines) is 1. The van der Waals surface area contributed by atoms with Crippen LogP contribution in [0, 0.1) is 0 Å². The second-order valence-corrected chi connectivity index (χ2v) is 5.49. The molecule has 0 aromatic rings. The third kappa shape index (κ3) is 4.94. The summed E-state index contributed by atoms with van der Waals surface area (Å²) in [6.45, 7) is 10.6. The Hall–Kier alpha value is -0.610. The zero-order chi connectivity index (χ0) is 13.5. The normalized spacial score (nSPS) is 22.4. The van der Waals surface area contributed by atoms with Gasteiger partial charge in [0, 0.05) is 18.6 Å². The van der Waals surface area contributed by atoms with Gasteiger partial charge in [-0.3, -0.25) is 4.79 Å². The largest absolute Gasteiger partial charge is 0.481 e. The highest BCUT2D eigenvalue weighted by Gasteiger charge is 2.22. The van der Waals surface area contributed by atoms with Gasteiger partial charge in [0.1, 0.15) is 0 Å². The molecule has 18 heavy (non-hydrogen) atoms. The lowest BCUT2D eigenvalue weighted by molar-refractivity contribution is -0.137. The molecule has 0 aliphatic carbocycles. The molecule has 1 N–H and O–H groups in total. The van der Waals surface area contributed by atoms with Crippen molar-refractivity contribution >= 4 is 5.97 Å². The Balaban J connectivity index is 2.46. The lowest BCUT2D eigenvalue weighted by Crippen LogP contribution is -2.38. The number of rotatable bonds is 6. The minimum absolute atomic E-state index is 0.262. The molecule has 106 valence electrons. The molecule has 4 nitrogen and oxygen atoms in total. The van der Waals surface area contributed by atoms with Gasteiger partial charge in [-0.1, -0.05) is 6.92 Å². The fraction of sp³-hybridized carbons (Fsp3) is 0.929. The molecule has 1 atom stereocenters. The highest BCUT2D eigenvalue weighted by Crippen LogP contribution is 2.18. The Morgan fingerprint density at radius 2 is 2.11 bits per heavy atom. The quantitative estimate of drug-likeness (QED) is 0.790. The van der Waals surface area contributed by atoms with Crippen molar-refractivity contribution in [1.82, 2.24) is 9.80 Å². The van der Waals surface area contributed by atoms with Crippen molar-refractivity contribution in [2.75, 3.05) is 26.2 Å². The van der Waals surface area contributed by atoms with E-state index in [1.165, 1.54) is 25.8 Å². The van der Waals surface area contributed by atoms with Crippen LogP contribution in [0.25, 0.3) is 0 Å². The number of carboxylic acid groups (broad SMARTS) is 1. The Kier molecular flexibility index (Phi) is 6.65. The van der Waals surface area contributed by atoms with Gasteiger partial charge in [0.25, 0.3) is 0 Å². The fourth-order valence-electron chi connectivity index (χ4n) is 2.82. The number of hydrogen-bond acceptors (Lipinski definition) is 3. The van der Waals surface area contributed by atoms with Gasteiger partial charge in [0.05, 0.1) is 6.42 Å². The topological polar surface area (TPSA) is 43.8 Å². The summed E-state index contributed by atoms with van der Waals surface area (Å²) >= 11 is 0. The molecule has 1 saturated heterocycles. The maximum atomic E-state index is 10.7. The van der Waals surface area contributed by atoms with Crippen LogP contribution in [0.3, 0.4) is 0 Å². The Labute approximate surface area is 111 Å². The maximum Gasteiger partial charge on any atom is 0.304 e. The van der Waals surface area contributed by atoms with Crippen molar-refractivity contribution in [3.05, 3.63) is 0 Å². The minimum atomic E-state index is -0.689. The molecule has 0 bridgehead atoms. The summed E-state index contributed by atoms with van der Waals surface area (Å²) in [5.41, 5.74) is 0. The predicted octanol–water partition coefficient (Wildman–Crippen LogP) is 2.05. The second-order valence-electron chi connectivity index (χ2n) is 5.49. The van der Waals surface area contributed by atoms with Crippen molar-refractivity contribution in [2.24, 2.45) is 0 Å². The summed E-state index contributed by atoms with van der Waals surface area (Å²) in [4.78, 5) is 15.6. The molecule has 1 unspecified atom stereocenters. The third-order valence-electron chi connectivity index (χ3n) is 4.00. The number of hydrogen-bond donors (Lipinski definition) is 1. The van der Waals surface area contributed by atoms with Gasteiger partial charge in [-0.2, -0.15) is 0 Å². The first kappa shape index (κ1) is 15.4. The van der Waals surface area contributed by atoms with Crippen LogP contribution in [0.2, 0.25) is 0 Å². The lowest BCUT2D eigenvalue weighted by atomic mass is 10.1. The molecule has 0 spiro atoms. The molecular weight excluding hydrogens is 228 g/mol. The Morgan fingerprint density at radius 3 is 2.67 bits per heavy atom. The first-order chi connectivity index (χ1) is 8.54. The molecule has 1 fully saturated rings. The van der Waals surface area contributed by atoms with E-state index in [1.807, 2.05) is 0 Å². The van der Waals surface area contributed by atoms with E-state index in [2.05, 4.69) is 30.6 Å². The number of aliphatic carboxylic acids is 1. The number of carboxylic acids is 1. The summed E-state index contributed by atoms with van der Waals surface area (Å²) in [5, 5.41) is 8.79. The first-order valence-corrected chi connectivity index (χ1v) is 7.24. The van der Waals surface area contributed by atoms with Crippen LogP contribution in [0.15, 0.2) is 0 Å². The van der Waals surface area contributed by atoms with Crippen LogP contribution >= 0.6 is 0 Å². The van der Waals surface area contributed by atoms with E-state index >= 15 is 0 Å². The van der Waals surface area contributed by atoms with Crippen LogP contribution in [0.1, 0.15) is 46.5 Å². The highest BCUT2D eigenvalue weighted by molar-refractivity contribution is 5.66. The smallest absolute Gasteiger partial charge is 0.304 e. The zero-order valence-electron chi connectivity index (χ0n) is 12.1. The molecule has 1 rings (SSSR count). The molecular formula is C14H28N2O2. The van der Waals surface area contributed by atoms with Gasteiger partial charge in [-0.15, -0.1) is 0 Å². The van der Waals surface area contributed by atoms with Crippen molar-refractivity contribution in [2.45, 2.75) is 58.5 Å². The van der Waals surface area contributed by atoms with E-state index in [0.717, 1.165) is 13.1 Å². The Bertz CT molecular complexity index is 256. The monoisotopic (exact) mass is 256 g/mol. The standard InChI is InChI=1S/C14H28N2O2/c1-4-15(11-8-14(17)18)13-6-5-9-16(10-7-13)12(2)3/h12-13H,4-11H2,1-3H3,(H,17,18). The van der Waals surface area contributed by atoms with E-state index in [0.29, 0.717) is 18.6 Å². The Morgan fingerprint density at radius 1 is 1.39 bits per heavy atom. The van der Waals surface area contributed by atoms with Crippen LogP contribution in [-0.4, -0.2) is 59.1 Å². The van der Waals surface area contributed by atoms with Crippen LogP contribution < -0.4 is 0 Å². The van der Waals surface area contributed by atoms with E-state index < -0.39 is 5.97 Å². The molecule has 1 aliphatic heterocycles. The van der Waals surface area contributed by atoms with Crippen LogP contribution in [0.5, 0.6) is 0 Å². The lowest BCUT2D eigenvalue weighted by Gasteiger charge is -2.30. The molecule has 0 amide bonds. The average molecular weight is 256 g/mol. The van der Waals surface area contributed by atoms with Gasteiger partial charge in [-0.05, 0) is 52.7 Å². The SMILES string of the molecule is CCN(CCC(=O)O)C1CCCN(C(C)C)CC1. The minimum Gasteiger partial charge on any atom is -0.481 e. The summed E-state index contributed by atoms with van der Waals surface area (Å²) in [6, 6.07) is 1.19. The summed E-state index contributed by atoms with van der Waals surface area (Å²) in [7, 11) is 0. The average Bonchev–Trinajstić information content (AvgIpc) is 2.55. The van der Waals surface area contributed by atoms with Gasteiger partial charge in [0.2, 0.25) is 0 Å². The molecule has 0 saturated carbocycles. The second kappa shape index (κ2) is 7.74. The fourth-order valence-corrected chi connectivity index (χ4v) is 2.82. The molecule has 1 aliphatic rings. The molecule has 0 radical (unpaired) electrons. The zero-order valence-corrected chi connectivity index (χ0v) is 12.1. The summed E-state index contributed by atoms with van der Waals surface area (Å²) in [6.07, 6.45) is 3.87. The highest BCUT2D eigenvalue weighted by atomic mass is 16.4. The third-order valence-corrected chi connectivity index (χ3v) is 4.00. The number of carbonyl (C=O) groups is 1. The number of nitrogens with zero attached hydrogens (tertiary/aromatic N) is 2. The van der Waals surface area contributed by atoms with Crippen LogP contribution in [-0.2, 0) is 4.79 Å². The van der Waals surface area contributed by atoms with Crippen molar-refractivity contribution in [3.8, 4) is 0 Å². The van der Waals surface area contributed by atoms with Crippen LogP contribution in [0.4, 0.5) is 0 Å². The molecule has 4 heteroatoms. The first-order valence-electron chi connectivity index (χ1n) is 7.24. The molecule has 1 heterocycles. The van der Waals surface area contributed by atoms with Gasteiger partial charge in [-0.25, -0.2) is 0 Å². The summed E-state index contributed by atoms with van der Waals surface area (Å²) in [5.74, 6) is -0.689. The van der Waals surface area contributed by atoms with Crippen molar-refractivity contribution in [3.63, 3.8) is 0 Å². The molecule has 0 aromatic heterocycles.